The van der Waals surface area contributed by atoms with E-state index in [1.165, 1.54) is 33.5 Å². The number of amides is 1. The Balaban J connectivity index is 1.77. The first-order valence-electron chi connectivity index (χ1n) is 11.3. The Morgan fingerprint density at radius 1 is 1.03 bits per heavy atom. The third kappa shape index (κ3) is 5.59. The van der Waals surface area contributed by atoms with Gasteiger partial charge in [0.1, 0.15) is 0 Å². The Bertz CT molecular complexity index is 1080. The maximum absolute atomic E-state index is 13.4. The summed E-state index contributed by atoms with van der Waals surface area (Å²) in [6, 6.07) is 4.82. The van der Waals surface area contributed by atoms with Crippen LogP contribution in [0.1, 0.15) is 33.1 Å². The van der Waals surface area contributed by atoms with E-state index < -0.39 is 56.7 Å². The van der Waals surface area contributed by atoms with Crippen LogP contribution in [0.25, 0.3) is 0 Å². The fraction of sp³-hybridized carbons (Fsp3) is 0.667. The third-order valence-electron chi connectivity index (χ3n) is 6.36. The van der Waals surface area contributed by atoms with Crippen molar-refractivity contribution in [1.29, 1.82) is 0 Å². The number of hydrogen-bond acceptors (Lipinski definition) is 6. The largest absolute Gasteiger partial charge is 0.392 e. The van der Waals surface area contributed by atoms with E-state index in [1.54, 1.807) is 13.8 Å². The van der Waals surface area contributed by atoms with Crippen LogP contribution in [0.5, 0.6) is 0 Å². The van der Waals surface area contributed by atoms with Crippen LogP contribution < -0.4 is 0 Å². The van der Waals surface area contributed by atoms with E-state index in [4.69, 9.17) is 0 Å². The number of nitrogens with zero attached hydrogens (tertiary/aromatic N) is 3. The second kappa shape index (κ2) is 10.1. The summed E-state index contributed by atoms with van der Waals surface area (Å²) in [6.45, 7) is 3.31. The van der Waals surface area contributed by atoms with Crippen molar-refractivity contribution < 1.29 is 35.5 Å². The summed E-state index contributed by atoms with van der Waals surface area (Å²) < 4.78 is 80.8. The van der Waals surface area contributed by atoms with Crippen molar-refractivity contribution in [2.75, 3.05) is 39.3 Å². The number of alkyl halides is 2. The second-order valence-corrected chi connectivity index (χ2v) is 12.5. The molecule has 2 atom stereocenters. The lowest BCUT2D eigenvalue weighted by molar-refractivity contribution is -0.144. The smallest absolute Gasteiger partial charge is 0.251 e. The third-order valence-corrected chi connectivity index (χ3v) is 10.3. The number of hydrogen-bond donors (Lipinski definition) is 1. The highest BCUT2D eigenvalue weighted by Crippen LogP contribution is 2.31. The van der Waals surface area contributed by atoms with Crippen LogP contribution in [0.3, 0.4) is 0 Å². The molecular weight excluding hydrogens is 492 g/mol. The van der Waals surface area contributed by atoms with E-state index in [0.717, 1.165) is 4.31 Å². The quantitative estimate of drug-likeness (QED) is 0.577. The molecule has 1 amide bonds. The predicted molar refractivity (Wildman–Crippen MR) is 120 cm³/mol. The van der Waals surface area contributed by atoms with E-state index in [9.17, 15) is 35.5 Å². The zero-order valence-corrected chi connectivity index (χ0v) is 20.9. The Labute approximate surface area is 199 Å². The average Bonchev–Trinajstić information content (AvgIpc) is 2.79. The SMILES string of the molecule is CCN(CC)S(=O)(=O)c1ccc(S(=O)(=O)N2CC(O)C[C@@H](C(=O)N3CCC(F)(F)CC3)C2)cc1. The standard InChI is InChI=1S/C21H31F2N3O6S2/c1-3-25(4-2)33(29,30)18-5-7-19(8-6-18)34(31,32)26-14-16(13-17(27)15-26)20(28)24-11-9-21(22,23)10-12-24/h5-8,16-17,27H,3-4,9-15H2,1-2H3/t16-,17?/m1/s1. The van der Waals surface area contributed by atoms with Gasteiger partial charge < -0.3 is 10.0 Å². The highest BCUT2D eigenvalue weighted by molar-refractivity contribution is 7.89. The van der Waals surface area contributed by atoms with Crippen LogP contribution in [0.2, 0.25) is 0 Å². The molecule has 1 aromatic rings. The number of rotatable bonds is 7. The van der Waals surface area contributed by atoms with Gasteiger partial charge in [0.2, 0.25) is 26.0 Å². The van der Waals surface area contributed by atoms with Crippen molar-refractivity contribution in [3.63, 3.8) is 0 Å². The van der Waals surface area contributed by atoms with Crippen molar-refractivity contribution in [2.45, 2.75) is 54.9 Å². The fourth-order valence-corrected chi connectivity index (χ4v) is 7.35. The van der Waals surface area contributed by atoms with E-state index in [-0.39, 0.29) is 55.5 Å². The number of carbonyl (C=O) groups excluding carboxylic acids is 1. The van der Waals surface area contributed by atoms with Crippen LogP contribution >= 0.6 is 0 Å². The fourth-order valence-electron chi connectivity index (χ4n) is 4.37. The van der Waals surface area contributed by atoms with Crippen LogP contribution in [0, 0.1) is 5.92 Å². The molecule has 2 aliphatic heterocycles. The topological polar surface area (TPSA) is 115 Å². The molecule has 0 aliphatic carbocycles. The number of halogens is 2. The molecule has 1 aromatic carbocycles. The second-order valence-electron chi connectivity index (χ2n) is 8.65. The Morgan fingerprint density at radius 3 is 2.09 bits per heavy atom. The number of aliphatic hydroxyl groups excluding tert-OH is 1. The summed E-state index contributed by atoms with van der Waals surface area (Å²) >= 11 is 0. The molecule has 2 heterocycles. The zero-order valence-electron chi connectivity index (χ0n) is 19.2. The molecule has 2 fully saturated rings. The molecule has 0 bridgehead atoms. The average molecular weight is 524 g/mol. The predicted octanol–water partition coefficient (Wildman–Crippen LogP) is 1.35. The first-order valence-corrected chi connectivity index (χ1v) is 14.1. The first kappa shape index (κ1) is 26.9. The molecule has 13 heteroatoms. The number of sulfonamides is 2. The van der Waals surface area contributed by atoms with Crippen LogP contribution in [-0.4, -0.2) is 92.7 Å². The summed E-state index contributed by atoms with van der Waals surface area (Å²) in [5, 5.41) is 10.3. The molecule has 0 aromatic heterocycles. The van der Waals surface area contributed by atoms with Gasteiger partial charge in [-0.3, -0.25) is 4.79 Å². The normalized spacial score (nSPS) is 24.4. The number of likely N-dealkylation sites (tertiary alicyclic amines) is 1. The highest BCUT2D eigenvalue weighted by atomic mass is 32.2. The maximum atomic E-state index is 13.4. The van der Waals surface area contributed by atoms with Crippen LogP contribution in [-0.2, 0) is 24.8 Å². The summed E-state index contributed by atoms with van der Waals surface area (Å²) in [4.78, 5) is 14.0. The van der Waals surface area contributed by atoms with Crippen molar-refractivity contribution in [3.05, 3.63) is 24.3 Å². The minimum atomic E-state index is -4.13. The van der Waals surface area contributed by atoms with E-state index in [2.05, 4.69) is 0 Å². The number of benzene rings is 1. The number of β-amino-alcohol motifs (C(OH)–C–C–N with tert-alkyl or cyclic N) is 1. The van der Waals surface area contributed by atoms with Gasteiger partial charge in [-0.1, -0.05) is 13.8 Å². The van der Waals surface area contributed by atoms with Gasteiger partial charge >= 0.3 is 0 Å². The van der Waals surface area contributed by atoms with Crippen molar-refractivity contribution in [3.8, 4) is 0 Å². The molecule has 2 aliphatic rings. The number of aliphatic hydroxyl groups is 1. The molecule has 0 spiro atoms. The van der Waals surface area contributed by atoms with Gasteiger partial charge in [-0.25, -0.2) is 25.6 Å². The van der Waals surface area contributed by atoms with E-state index in [1.807, 2.05) is 0 Å². The van der Waals surface area contributed by atoms with E-state index in [0.29, 0.717) is 0 Å². The van der Waals surface area contributed by atoms with Gasteiger partial charge in [-0.2, -0.15) is 8.61 Å². The molecular formula is C21H31F2N3O6S2. The number of carbonyl (C=O) groups is 1. The highest BCUT2D eigenvalue weighted by Gasteiger charge is 2.41. The number of piperidine rings is 2. The lowest BCUT2D eigenvalue weighted by atomic mass is 9.94. The lowest BCUT2D eigenvalue weighted by Crippen LogP contribution is -2.53. The molecule has 2 saturated heterocycles. The Morgan fingerprint density at radius 2 is 1.56 bits per heavy atom. The molecule has 192 valence electrons. The van der Waals surface area contributed by atoms with Crippen LogP contribution in [0.15, 0.2) is 34.1 Å². The van der Waals surface area contributed by atoms with Gasteiger partial charge in [-0.05, 0) is 30.7 Å². The minimum Gasteiger partial charge on any atom is -0.392 e. The van der Waals surface area contributed by atoms with Gasteiger partial charge in [0.05, 0.1) is 21.8 Å². The van der Waals surface area contributed by atoms with Gasteiger partial charge in [0.15, 0.2) is 0 Å². The molecule has 1 N–H and O–H groups in total. The molecule has 34 heavy (non-hydrogen) atoms. The van der Waals surface area contributed by atoms with E-state index >= 15 is 0 Å². The van der Waals surface area contributed by atoms with Gasteiger partial charge in [-0.15, -0.1) is 0 Å². The first-order chi connectivity index (χ1) is 15.8. The monoisotopic (exact) mass is 523 g/mol. The molecule has 0 saturated carbocycles. The van der Waals surface area contributed by atoms with Crippen molar-refractivity contribution >= 4 is 26.0 Å². The Hall–Kier alpha value is -1.67. The summed E-state index contributed by atoms with van der Waals surface area (Å²) in [5.74, 6) is -4.12. The minimum absolute atomic E-state index is 0.0382. The summed E-state index contributed by atoms with van der Waals surface area (Å²) in [6.07, 6.45) is -1.94. The molecule has 3 rings (SSSR count). The Kier molecular flexibility index (Phi) is 8.03. The van der Waals surface area contributed by atoms with Crippen molar-refractivity contribution in [1.82, 2.24) is 13.5 Å². The molecule has 9 nitrogen and oxygen atoms in total. The molecule has 1 unspecified atom stereocenters. The summed E-state index contributed by atoms with van der Waals surface area (Å²) in [7, 11) is -7.89. The van der Waals surface area contributed by atoms with Crippen molar-refractivity contribution in [2.24, 2.45) is 5.92 Å². The zero-order chi connectivity index (χ0) is 25.3. The maximum Gasteiger partial charge on any atom is 0.251 e. The summed E-state index contributed by atoms with van der Waals surface area (Å²) in [5.41, 5.74) is 0. The van der Waals surface area contributed by atoms with Gasteiger partial charge in [0.25, 0.3) is 5.92 Å². The van der Waals surface area contributed by atoms with Crippen LogP contribution in [0.4, 0.5) is 8.78 Å². The molecule has 0 radical (unpaired) electrons. The van der Waals surface area contributed by atoms with Gasteiger partial charge in [0, 0.05) is 52.1 Å². The lowest BCUT2D eigenvalue weighted by Gasteiger charge is -2.38.